The van der Waals surface area contributed by atoms with Gasteiger partial charge in [0.05, 0.1) is 30.2 Å². The Hall–Kier alpha value is -3.31. The molecule has 3 N–H and O–H groups in total. The van der Waals surface area contributed by atoms with Gasteiger partial charge in [-0.2, -0.15) is 4.98 Å². The first-order chi connectivity index (χ1) is 17.7. The van der Waals surface area contributed by atoms with Crippen molar-refractivity contribution in [1.29, 1.82) is 4.78 Å². The van der Waals surface area contributed by atoms with Gasteiger partial charge in [0.15, 0.2) is 11.8 Å². The Morgan fingerprint density at radius 1 is 1.03 bits per heavy atom. The molecule has 2 aromatic heterocycles. The number of aliphatic hydroxyl groups is 1. The number of nitrogens with zero attached hydrogens (tertiary/aromatic N) is 2. The monoisotopic (exact) mass is 520 g/mol. The number of benzene rings is 2. The van der Waals surface area contributed by atoms with Gasteiger partial charge in [-0.25, -0.2) is 9.19 Å². The van der Waals surface area contributed by atoms with Gasteiger partial charge < -0.3 is 24.3 Å². The summed E-state index contributed by atoms with van der Waals surface area (Å²) in [4.78, 5) is 12.5. The lowest BCUT2D eigenvalue weighted by molar-refractivity contribution is 0.00706. The molecule has 2 fully saturated rings. The maximum Gasteiger partial charge on any atom is 0.296 e. The zero-order chi connectivity index (χ0) is 25.7. The second-order valence-corrected chi connectivity index (χ2v) is 12.1. The van der Waals surface area contributed by atoms with Crippen molar-refractivity contribution < 1.29 is 23.5 Å². The molecule has 2 saturated heterocycles. The molecule has 5 atom stereocenters. The van der Waals surface area contributed by atoms with Crippen molar-refractivity contribution in [2.45, 2.75) is 37.1 Å². The summed E-state index contributed by atoms with van der Waals surface area (Å²) in [5.74, 6) is 0.256. The van der Waals surface area contributed by atoms with E-state index in [1.54, 1.807) is 0 Å². The van der Waals surface area contributed by atoms with E-state index in [0.717, 1.165) is 39.0 Å². The van der Waals surface area contributed by atoms with Crippen LogP contribution in [0.25, 0.3) is 33.5 Å². The van der Waals surface area contributed by atoms with Crippen LogP contribution in [0.1, 0.15) is 11.1 Å². The van der Waals surface area contributed by atoms with Crippen LogP contribution >= 0.6 is 0 Å². The highest BCUT2D eigenvalue weighted by Crippen LogP contribution is 2.31. The highest BCUT2D eigenvalue weighted by Gasteiger charge is 2.48. The van der Waals surface area contributed by atoms with Gasteiger partial charge in [0, 0.05) is 21.5 Å². The summed E-state index contributed by atoms with van der Waals surface area (Å²) in [6, 6.07) is 18.4. The smallest absolute Gasteiger partial charge is 0.296 e. The first-order valence-electron chi connectivity index (χ1n) is 12.1. The Kier molecular flexibility index (Phi) is 5.99. The largest absolute Gasteiger partial charge is 0.456 e. The van der Waals surface area contributed by atoms with Gasteiger partial charge in [0.2, 0.25) is 0 Å². The number of nitrogens with one attached hydrogen (secondary N) is 2. The summed E-state index contributed by atoms with van der Waals surface area (Å²) in [5, 5.41) is 9.94. The fourth-order valence-corrected chi connectivity index (χ4v) is 5.82. The van der Waals surface area contributed by atoms with Crippen LogP contribution in [0, 0.1) is 11.7 Å². The third-order valence-corrected chi connectivity index (χ3v) is 7.66. The van der Waals surface area contributed by atoms with Crippen molar-refractivity contribution in [3.8, 4) is 28.4 Å². The molecule has 0 saturated carbocycles. The molecule has 0 radical (unpaired) electrons. The maximum absolute atomic E-state index is 11.8. The summed E-state index contributed by atoms with van der Waals surface area (Å²) in [7, 11) is -2.56. The van der Waals surface area contributed by atoms with E-state index in [2.05, 4.69) is 22.1 Å². The molecule has 0 amide bonds. The topological polar surface area (TPSA) is 130 Å². The van der Waals surface area contributed by atoms with Crippen LogP contribution < -0.4 is 4.74 Å². The zero-order valence-corrected chi connectivity index (χ0v) is 21.3. The predicted octanol–water partition coefficient (Wildman–Crippen LogP) is 3.68. The van der Waals surface area contributed by atoms with Gasteiger partial charge in [-0.05, 0) is 35.2 Å². The molecule has 2 aliphatic rings. The van der Waals surface area contributed by atoms with Gasteiger partial charge in [0.1, 0.15) is 18.3 Å². The molecular weight excluding hydrogens is 492 g/mol. The van der Waals surface area contributed by atoms with E-state index in [4.69, 9.17) is 24.0 Å². The van der Waals surface area contributed by atoms with Crippen molar-refractivity contribution in [2.24, 2.45) is 0 Å². The standard InChI is InChI=1S/C27H28N4O5S/c1-15-11-20-26(31-27(29-20)36-22-13-35-24-21(32)12-34-25(22)24)30-23(15)19-9-7-18(8-10-19)17-5-3-16(4-6-17)14-37(2,28)33/h3-11,21-22,24-25,28,32H,12-14H2,1-2H3,(H,29,30,31)/t21-,22-,24-,25-,37?/m1/s1. The normalized spacial score (nSPS) is 24.7. The molecule has 0 spiro atoms. The Bertz CT molecular complexity index is 1550. The van der Waals surface area contributed by atoms with Crippen molar-refractivity contribution in [1.82, 2.24) is 15.0 Å². The minimum Gasteiger partial charge on any atom is -0.456 e. The van der Waals surface area contributed by atoms with Gasteiger partial charge in [-0.3, -0.25) is 4.78 Å². The van der Waals surface area contributed by atoms with Crippen LogP contribution in [0.3, 0.4) is 0 Å². The number of fused-ring (bicyclic) bond motifs is 2. The number of pyridine rings is 1. The molecule has 192 valence electrons. The molecule has 4 heterocycles. The maximum atomic E-state index is 11.8. The van der Waals surface area contributed by atoms with Gasteiger partial charge in [-0.1, -0.05) is 48.5 Å². The van der Waals surface area contributed by atoms with E-state index in [9.17, 15) is 9.32 Å². The molecule has 2 aliphatic heterocycles. The third kappa shape index (κ3) is 4.85. The van der Waals surface area contributed by atoms with E-state index >= 15 is 0 Å². The molecule has 2 aromatic carbocycles. The average molecular weight is 521 g/mol. The van der Waals surface area contributed by atoms with Crippen molar-refractivity contribution in [3.63, 3.8) is 0 Å². The number of aromatic nitrogens is 3. The predicted molar refractivity (Wildman–Crippen MR) is 140 cm³/mol. The van der Waals surface area contributed by atoms with Crippen molar-refractivity contribution >= 4 is 20.9 Å². The van der Waals surface area contributed by atoms with Crippen molar-refractivity contribution in [3.05, 3.63) is 65.7 Å². The quantitative estimate of drug-likeness (QED) is 0.353. The van der Waals surface area contributed by atoms with E-state index in [-0.39, 0.29) is 30.7 Å². The summed E-state index contributed by atoms with van der Waals surface area (Å²) < 4.78 is 36.7. The Labute approximate surface area is 214 Å². The van der Waals surface area contributed by atoms with Crippen LogP contribution in [0.2, 0.25) is 0 Å². The lowest BCUT2D eigenvalue weighted by Gasteiger charge is -2.15. The second-order valence-electron chi connectivity index (χ2n) is 9.81. The lowest BCUT2D eigenvalue weighted by Crippen LogP contribution is -2.34. The number of rotatable bonds is 6. The molecule has 0 aliphatic carbocycles. The summed E-state index contributed by atoms with van der Waals surface area (Å²) in [6.45, 7) is 2.59. The van der Waals surface area contributed by atoms with E-state index in [1.807, 2.05) is 49.4 Å². The first-order valence-corrected chi connectivity index (χ1v) is 14.2. The number of ether oxygens (including phenoxy) is 3. The molecule has 6 rings (SSSR count). The summed E-state index contributed by atoms with van der Waals surface area (Å²) in [5.41, 5.74) is 7.16. The number of imidazole rings is 1. The highest BCUT2D eigenvalue weighted by atomic mass is 32.2. The highest BCUT2D eigenvalue weighted by molar-refractivity contribution is 7.90. The summed E-state index contributed by atoms with van der Waals surface area (Å²) >= 11 is 0. The Balaban J connectivity index is 1.21. The van der Waals surface area contributed by atoms with Gasteiger partial charge in [-0.15, -0.1) is 0 Å². The van der Waals surface area contributed by atoms with Crippen LogP contribution in [0.5, 0.6) is 6.01 Å². The molecular formula is C27H28N4O5S. The van der Waals surface area contributed by atoms with Gasteiger partial charge in [0.25, 0.3) is 6.01 Å². The Morgan fingerprint density at radius 3 is 2.38 bits per heavy atom. The number of aromatic amines is 1. The van der Waals surface area contributed by atoms with Crippen LogP contribution in [0.4, 0.5) is 0 Å². The molecule has 10 heteroatoms. The van der Waals surface area contributed by atoms with Crippen LogP contribution in [-0.4, -0.2) is 68.2 Å². The summed E-state index contributed by atoms with van der Waals surface area (Å²) in [6.07, 6.45) is -0.187. The lowest BCUT2D eigenvalue weighted by atomic mass is 10.0. The average Bonchev–Trinajstić information content (AvgIpc) is 3.55. The third-order valence-electron chi connectivity index (χ3n) is 6.77. The fraction of sp³-hybridized carbons (Fsp3) is 0.333. The Morgan fingerprint density at radius 2 is 1.68 bits per heavy atom. The SMILES string of the molecule is Cc1cc2[nH]c(O[C@@H]3CO[C@H]4[C@@H]3OC[C@H]4O)nc2nc1-c1ccc(-c2ccc(CS(C)(=N)=O)cc2)cc1. The molecule has 9 nitrogen and oxygen atoms in total. The first kappa shape index (κ1) is 24.1. The van der Waals surface area contributed by atoms with E-state index < -0.39 is 15.8 Å². The number of aliphatic hydroxyl groups excluding tert-OH is 1. The van der Waals surface area contributed by atoms with Gasteiger partial charge >= 0.3 is 0 Å². The van der Waals surface area contributed by atoms with Crippen LogP contribution in [-0.2, 0) is 25.0 Å². The van der Waals surface area contributed by atoms with E-state index in [0.29, 0.717) is 18.3 Å². The zero-order valence-electron chi connectivity index (χ0n) is 20.5. The number of hydrogen-bond acceptors (Lipinski definition) is 8. The minimum absolute atomic E-state index is 0.247. The second kappa shape index (κ2) is 9.21. The number of hydrogen-bond donors (Lipinski definition) is 3. The van der Waals surface area contributed by atoms with E-state index in [1.165, 1.54) is 6.26 Å². The molecule has 0 bridgehead atoms. The van der Waals surface area contributed by atoms with Crippen LogP contribution in [0.15, 0.2) is 54.6 Å². The fourth-order valence-electron chi connectivity index (χ4n) is 4.99. The molecule has 1 unspecified atom stereocenters. The van der Waals surface area contributed by atoms with Crippen molar-refractivity contribution in [2.75, 3.05) is 19.5 Å². The number of aryl methyl sites for hydroxylation is 1. The molecule has 37 heavy (non-hydrogen) atoms. The number of H-pyrrole nitrogens is 1. The molecule has 4 aromatic rings. The minimum atomic E-state index is -2.56.